The molecular formula is C15H34O4SSi. The molecule has 0 amide bonds. The number of unbranched alkanes of at least 4 members (excludes halogenated alkanes) is 5. The van der Waals surface area contributed by atoms with Crippen LogP contribution in [0.25, 0.3) is 0 Å². The minimum Gasteiger partial charge on any atom is -0.504 e. The third-order valence-electron chi connectivity index (χ3n) is 2.93. The predicted octanol–water partition coefficient (Wildman–Crippen LogP) is 4.90. The minimum absolute atomic E-state index is 0.583. The molecule has 6 heteroatoms. The number of aliphatic hydroxyl groups is 1. The van der Waals surface area contributed by atoms with Crippen molar-refractivity contribution in [3.8, 4) is 0 Å². The molecule has 0 rings (SSSR count). The first-order valence-electron chi connectivity index (χ1n) is 8.15. The Balaban J connectivity index is 0. The van der Waals surface area contributed by atoms with E-state index in [0.717, 1.165) is 12.5 Å². The third kappa shape index (κ3) is 14.7. The molecule has 4 nitrogen and oxygen atoms in total. The number of hydrogen-bond donors (Lipinski definition) is 1. The van der Waals surface area contributed by atoms with Gasteiger partial charge in [0, 0.05) is 25.9 Å². The van der Waals surface area contributed by atoms with Crippen molar-refractivity contribution in [1.82, 2.24) is 0 Å². The predicted molar refractivity (Wildman–Crippen MR) is 95.1 cm³/mol. The Morgan fingerprint density at radius 2 is 1.19 bits per heavy atom. The van der Waals surface area contributed by atoms with Crippen LogP contribution in [0.4, 0.5) is 0 Å². The molecule has 0 heterocycles. The van der Waals surface area contributed by atoms with Gasteiger partial charge in [0.15, 0.2) is 0 Å². The second-order valence-corrected chi connectivity index (χ2v) is 7.55. The van der Waals surface area contributed by atoms with E-state index in [-0.39, 0.29) is 0 Å². The maximum Gasteiger partial charge on any atom is 0.500 e. The molecule has 0 aliphatic heterocycles. The number of rotatable bonds is 13. The van der Waals surface area contributed by atoms with Crippen LogP contribution >= 0.6 is 12.2 Å². The molecule has 0 aliphatic rings. The zero-order valence-electron chi connectivity index (χ0n) is 14.2. The SMILES string of the molecule is CCCCCCCC[Si](OCC)(OCC)OCC.OC=S. The molecule has 1 N–H and O–H groups in total. The lowest BCUT2D eigenvalue weighted by Crippen LogP contribution is -2.45. The lowest BCUT2D eigenvalue weighted by Gasteiger charge is -2.28. The highest BCUT2D eigenvalue weighted by atomic mass is 32.1. The molecule has 0 spiro atoms. The lowest BCUT2D eigenvalue weighted by atomic mass is 10.1. The van der Waals surface area contributed by atoms with Gasteiger partial charge in [-0.05, 0) is 39.4 Å². The summed E-state index contributed by atoms with van der Waals surface area (Å²) in [6, 6.07) is 0.967. The fraction of sp³-hybridized carbons (Fsp3) is 0.933. The molecule has 0 unspecified atom stereocenters. The Morgan fingerprint density at radius 3 is 1.57 bits per heavy atom. The van der Waals surface area contributed by atoms with Crippen molar-refractivity contribution >= 4 is 26.6 Å². The van der Waals surface area contributed by atoms with Gasteiger partial charge >= 0.3 is 8.80 Å². The third-order valence-corrected chi connectivity index (χ3v) is 6.08. The highest BCUT2D eigenvalue weighted by Crippen LogP contribution is 2.20. The van der Waals surface area contributed by atoms with Crippen LogP contribution in [0.15, 0.2) is 0 Å². The van der Waals surface area contributed by atoms with E-state index in [1.165, 1.54) is 32.1 Å². The summed E-state index contributed by atoms with van der Waals surface area (Å²) in [5, 5.41) is 7.26. The molecule has 0 atom stereocenters. The summed E-state index contributed by atoms with van der Waals surface area (Å²) in [5.41, 5.74) is 0.583. The number of aliphatic hydroxyl groups excluding tert-OH is 1. The van der Waals surface area contributed by atoms with E-state index >= 15 is 0 Å². The van der Waals surface area contributed by atoms with E-state index in [9.17, 15) is 0 Å². The summed E-state index contributed by atoms with van der Waals surface area (Å²) >= 11 is 3.82. The Labute approximate surface area is 137 Å². The summed E-state index contributed by atoms with van der Waals surface area (Å²) in [6.07, 6.45) is 7.75. The van der Waals surface area contributed by atoms with Crippen LogP contribution in [0.3, 0.4) is 0 Å². The lowest BCUT2D eigenvalue weighted by molar-refractivity contribution is 0.0706. The van der Waals surface area contributed by atoms with Crippen molar-refractivity contribution in [2.24, 2.45) is 0 Å². The largest absolute Gasteiger partial charge is 0.504 e. The van der Waals surface area contributed by atoms with Crippen LogP contribution in [-0.4, -0.2) is 39.3 Å². The highest BCUT2D eigenvalue weighted by molar-refractivity contribution is 7.78. The maximum absolute atomic E-state index is 7.26. The van der Waals surface area contributed by atoms with Gasteiger partial charge in [-0.1, -0.05) is 39.0 Å². The molecule has 0 aromatic heterocycles. The first kappa shape index (κ1) is 23.3. The average Bonchev–Trinajstić information content (AvgIpc) is 2.44. The molecule has 0 aliphatic carbocycles. The van der Waals surface area contributed by atoms with Gasteiger partial charge in [-0.15, -0.1) is 0 Å². The normalized spacial score (nSPS) is 10.9. The maximum atomic E-state index is 7.26. The van der Waals surface area contributed by atoms with Crippen molar-refractivity contribution in [2.45, 2.75) is 72.3 Å². The van der Waals surface area contributed by atoms with Gasteiger partial charge in [0.1, 0.15) is 5.55 Å². The number of thiocarbonyl (C=S) groups is 1. The molecule has 0 aromatic rings. The van der Waals surface area contributed by atoms with Crippen LogP contribution in [0, 0.1) is 0 Å². The van der Waals surface area contributed by atoms with Crippen LogP contribution in [0.5, 0.6) is 0 Å². The van der Waals surface area contributed by atoms with Crippen LogP contribution in [0.1, 0.15) is 66.2 Å². The summed E-state index contributed by atoms with van der Waals surface area (Å²) < 4.78 is 17.5. The van der Waals surface area contributed by atoms with Crippen molar-refractivity contribution < 1.29 is 18.4 Å². The Hall–Kier alpha value is -0.0131. The molecule has 0 saturated heterocycles. The van der Waals surface area contributed by atoms with Gasteiger partial charge in [0.2, 0.25) is 0 Å². The van der Waals surface area contributed by atoms with Gasteiger partial charge in [-0.2, -0.15) is 0 Å². The minimum atomic E-state index is -2.36. The molecule has 0 bridgehead atoms. The van der Waals surface area contributed by atoms with Gasteiger partial charge < -0.3 is 18.4 Å². The van der Waals surface area contributed by atoms with Gasteiger partial charge in [0.25, 0.3) is 0 Å². The molecule has 0 saturated carbocycles. The van der Waals surface area contributed by atoms with E-state index in [4.69, 9.17) is 18.4 Å². The van der Waals surface area contributed by atoms with Crippen molar-refractivity contribution in [1.29, 1.82) is 0 Å². The molecule has 21 heavy (non-hydrogen) atoms. The van der Waals surface area contributed by atoms with Gasteiger partial charge in [-0.3, -0.25) is 0 Å². The summed E-state index contributed by atoms with van der Waals surface area (Å²) in [5.74, 6) is 0. The molecule has 128 valence electrons. The standard InChI is InChI=1S/C14H32O3Si.CH2OS/c1-5-9-10-11-12-13-14-18(15-6-2,16-7-3)17-8-4;2-1-3/h5-14H2,1-4H3;1H,(H,2,3). The van der Waals surface area contributed by atoms with Gasteiger partial charge in [-0.25, -0.2) is 0 Å². The average molecular weight is 339 g/mol. The van der Waals surface area contributed by atoms with Crippen LogP contribution in [-0.2, 0) is 13.3 Å². The summed E-state index contributed by atoms with van der Waals surface area (Å²) in [4.78, 5) is 0. The molecule has 0 fully saturated rings. The van der Waals surface area contributed by atoms with E-state index in [0.29, 0.717) is 25.4 Å². The van der Waals surface area contributed by atoms with E-state index in [1.807, 2.05) is 20.8 Å². The summed E-state index contributed by atoms with van der Waals surface area (Å²) in [6.45, 7) is 10.3. The second-order valence-electron chi connectivity index (χ2n) is 4.61. The summed E-state index contributed by atoms with van der Waals surface area (Å²) in [7, 11) is -2.36. The topological polar surface area (TPSA) is 47.9 Å². The zero-order chi connectivity index (χ0) is 16.4. The molecule has 0 radical (unpaired) electrons. The first-order valence-corrected chi connectivity index (χ1v) is 10.6. The fourth-order valence-electron chi connectivity index (χ4n) is 2.12. The Bertz CT molecular complexity index is 201. The quantitative estimate of drug-likeness (QED) is 0.294. The Morgan fingerprint density at radius 1 is 0.810 bits per heavy atom. The molecular weight excluding hydrogens is 304 g/mol. The van der Waals surface area contributed by atoms with E-state index < -0.39 is 8.80 Å². The van der Waals surface area contributed by atoms with Crippen LogP contribution in [0.2, 0.25) is 6.04 Å². The van der Waals surface area contributed by atoms with Crippen molar-refractivity contribution in [3.63, 3.8) is 0 Å². The van der Waals surface area contributed by atoms with Gasteiger partial charge in [0.05, 0.1) is 0 Å². The smallest absolute Gasteiger partial charge is 0.500 e. The first-order chi connectivity index (χ1) is 10.2. The molecule has 0 aromatic carbocycles. The van der Waals surface area contributed by atoms with E-state index in [2.05, 4.69) is 19.1 Å². The van der Waals surface area contributed by atoms with Crippen LogP contribution < -0.4 is 0 Å². The monoisotopic (exact) mass is 338 g/mol. The fourth-order valence-corrected chi connectivity index (χ4v) is 4.81. The highest BCUT2D eigenvalue weighted by Gasteiger charge is 2.39. The Kier molecular flexibility index (Phi) is 20.0. The van der Waals surface area contributed by atoms with Crippen molar-refractivity contribution in [3.05, 3.63) is 0 Å². The second kappa shape index (κ2) is 18.0. The zero-order valence-corrected chi connectivity index (χ0v) is 16.0. The number of hydrogen-bond acceptors (Lipinski definition) is 4. The van der Waals surface area contributed by atoms with E-state index in [1.54, 1.807) is 0 Å². The van der Waals surface area contributed by atoms with Crippen molar-refractivity contribution in [2.75, 3.05) is 19.8 Å².